The van der Waals surface area contributed by atoms with Crippen LogP contribution in [-0.4, -0.2) is 25.7 Å². The van der Waals surface area contributed by atoms with Crippen LogP contribution in [0.2, 0.25) is 0 Å². The SMILES string of the molecule is CCC(C)C(=O)Nc1ccc(-n2cncn2)nc1. The lowest BCUT2D eigenvalue weighted by Gasteiger charge is -2.09. The number of carbonyl (C=O) groups excluding carboxylic acids is 1. The van der Waals surface area contributed by atoms with Gasteiger partial charge in [-0.05, 0) is 18.6 Å². The van der Waals surface area contributed by atoms with Gasteiger partial charge in [0.25, 0.3) is 0 Å². The van der Waals surface area contributed by atoms with E-state index in [4.69, 9.17) is 0 Å². The number of amides is 1. The summed E-state index contributed by atoms with van der Waals surface area (Å²) < 4.78 is 1.56. The van der Waals surface area contributed by atoms with E-state index in [1.165, 1.54) is 6.33 Å². The van der Waals surface area contributed by atoms with Crippen LogP contribution in [0, 0.1) is 5.92 Å². The normalized spacial score (nSPS) is 12.1. The minimum Gasteiger partial charge on any atom is -0.324 e. The second-order valence-electron chi connectivity index (χ2n) is 4.04. The molecule has 2 rings (SSSR count). The highest BCUT2D eigenvalue weighted by Crippen LogP contribution is 2.11. The van der Waals surface area contributed by atoms with Gasteiger partial charge in [0.2, 0.25) is 5.91 Å². The first kappa shape index (κ1) is 12.2. The molecule has 6 nitrogen and oxygen atoms in total. The van der Waals surface area contributed by atoms with Crippen LogP contribution in [0.15, 0.2) is 31.0 Å². The Morgan fingerprint density at radius 3 is 2.89 bits per heavy atom. The highest BCUT2D eigenvalue weighted by molar-refractivity contribution is 5.92. The van der Waals surface area contributed by atoms with E-state index in [2.05, 4.69) is 20.4 Å². The van der Waals surface area contributed by atoms with Gasteiger partial charge in [-0.3, -0.25) is 4.79 Å². The van der Waals surface area contributed by atoms with Crippen molar-refractivity contribution in [1.82, 2.24) is 19.7 Å². The highest BCUT2D eigenvalue weighted by atomic mass is 16.1. The van der Waals surface area contributed by atoms with Crippen molar-refractivity contribution in [2.45, 2.75) is 20.3 Å². The fourth-order valence-corrected chi connectivity index (χ4v) is 1.37. The predicted octanol–water partition coefficient (Wildman–Crippen LogP) is 1.65. The van der Waals surface area contributed by atoms with E-state index in [9.17, 15) is 4.79 Å². The van der Waals surface area contributed by atoms with Gasteiger partial charge in [-0.1, -0.05) is 13.8 Å². The Morgan fingerprint density at radius 2 is 2.33 bits per heavy atom. The monoisotopic (exact) mass is 245 g/mol. The van der Waals surface area contributed by atoms with Gasteiger partial charge in [0.1, 0.15) is 12.7 Å². The number of aromatic nitrogens is 4. The van der Waals surface area contributed by atoms with Gasteiger partial charge in [-0.2, -0.15) is 5.10 Å². The van der Waals surface area contributed by atoms with Crippen LogP contribution in [0.25, 0.3) is 5.82 Å². The molecule has 0 aromatic carbocycles. The molecule has 0 aliphatic rings. The predicted molar refractivity (Wildman–Crippen MR) is 67.2 cm³/mol. The first-order valence-electron chi connectivity index (χ1n) is 5.82. The molecule has 2 aromatic rings. The highest BCUT2D eigenvalue weighted by Gasteiger charge is 2.10. The van der Waals surface area contributed by atoms with Gasteiger partial charge in [0.15, 0.2) is 5.82 Å². The minimum absolute atomic E-state index is 0.00000745. The Balaban J connectivity index is 2.06. The third-order valence-electron chi connectivity index (χ3n) is 2.73. The van der Waals surface area contributed by atoms with Crippen molar-refractivity contribution in [3.05, 3.63) is 31.0 Å². The summed E-state index contributed by atoms with van der Waals surface area (Å²) in [4.78, 5) is 19.7. The Morgan fingerprint density at radius 1 is 1.50 bits per heavy atom. The third-order valence-corrected chi connectivity index (χ3v) is 2.73. The smallest absolute Gasteiger partial charge is 0.227 e. The van der Waals surface area contributed by atoms with Gasteiger partial charge in [-0.15, -0.1) is 0 Å². The fraction of sp³-hybridized carbons (Fsp3) is 0.333. The Hall–Kier alpha value is -2.24. The zero-order valence-electron chi connectivity index (χ0n) is 10.4. The van der Waals surface area contributed by atoms with Crippen LogP contribution in [0.3, 0.4) is 0 Å². The van der Waals surface area contributed by atoms with Crippen LogP contribution >= 0.6 is 0 Å². The lowest BCUT2D eigenvalue weighted by molar-refractivity contribution is -0.119. The molecular weight excluding hydrogens is 230 g/mol. The number of hydrogen-bond donors (Lipinski definition) is 1. The number of nitrogens with one attached hydrogen (secondary N) is 1. The van der Waals surface area contributed by atoms with Crippen molar-refractivity contribution in [2.24, 2.45) is 5.92 Å². The molecular formula is C12H15N5O. The molecule has 2 heterocycles. The molecule has 1 amide bonds. The van der Waals surface area contributed by atoms with Gasteiger partial charge < -0.3 is 5.32 Å². The first-order valence-corrected chi connectivity index (χ1v) is 5.82. The quantitative estimate of drug-likeness (QED) is 0.888. The Kier molecular flexibility index (Phi) is 3.66. The second-order valence-corrected chi connectivity index (χ2v) is 4.04. The molecule has 1 atom stereocenters. The molecule has 94 valence electrons. The third kappa shape index (κ3) is 2.71. The van der Waals surface area contributed by atoms with E-state index in [1.807, 2.05) is 13.8 Å². The van der Waals surface area contributed by atoms with Crippen molar-refractivity contribution in [2.75, 3.05) is 5.32 Å². The zero-order chi connectivity index (χ0) is 13.0. The molecule has 0 spiro atoms. The summed E-state index contributed by atoms with van der Waals surface area (Å²) in [5.74, 6) is 0.668. The maximum absolute atomic E-state index is 11.7. The van der Waals surface area contributed by atoms with E-state index in [1.54, 1.807) is 29.3 Å². The van der Waals surface area contributed by atoms with Crippen molar-refractivity contribution in [1.29, 1.82) is 0 Å². The van der Waals surface area contributed by atoms with Gasteiger partial charge in [0, 0.05) is 5.92 Å². The van der Waals surface area contributed by atoms with Crippen LogP contribution in [-0.2, 0) is 4.79 Å². The van der Waals surface area contributed by atoms with E-state index in [0.717, 1.165) is 6.42 Å². The molecule has 6 heteroatoms. The maximum Gasteiger partial charge on any atom is 0.227 e. The molecule has 0 saturated heterocycles. The van der Waals surface area contributed by atoms with Crippen LogP contribution in [0.4, 0.5) is 5.69 Å². The number of nitrogens with zero attached hydrogens (tertiary/aromatic N) is 4. The van der Waals surface area contributed by atoms with Gasteiger partial charge >= 0.3 is 0 Å². The summed E-state index contributed by atoms with van der Waals surface area (Å²) in [6, 6.07) is 3.57. The van der Waals surface area contributed by atoms with Crippen LogP contribution in [0.5, 0.6) is 0 Å². The number of pyridine rings is 1. The van der Waals surface area contributed by atoms with E-state index >= 15 is 0 Å². The molecule has 0 radical (unpaired) electrons. The summed E-state index contributed by atoms with van der Waals surface area (Å²) in [7, 11) is 0. The molecule has 1 unspecified atom stereocenters. The fourth-order valence-electron chi connectivity index (χ4n) is 1.37. The molecule has 0 aliphatic heterocycles. The number of hydrogen-bond acceptors (Lipinski definition) is 4. The molecule has 0 bridgehead atoms. The summed E-state index contributed by atoms with van der Waals surface area (Å²) in [5, 5.41) is 6.79. The molecule has 0 aliphatic carbocycles. The standard InChI is InChI=1S/C12H15N5O/c1-3-9(2)12(18)16-10-4-5-11(14-6-10)17-8-13-7-15-17/h4-9H,3H2,1-2H3,(H,16,18). The Bertz CT molecular complexity index is 506. The van der Waals surface area contributed by atoms with E-state index in [-0.39, 0.29) is 11.8 Å². The van der Waals surface area contributed by atoms with Crippen molar-refractivity contribution < 1.29 is 4.79 Å². The summed E-state index contributed by atoms with van der Waals surface area (Å²) in [6.07, 6.45) is 5.44. The van der Waals surface area contributed by atoms with E-state index < -0.39 is 0 Å². The molecule has 1 N–H and O–H groups in total. The average molecular weight is 245 g/mol. The summed E-state index contributed by atoms with van der Waals surface area (Å²) in [5.41, 5.74) is 0.684. The lowest BCUT2D eigenvalue weighted by atomic mass is 10.1. The first-order chi connectivity index (χ1) is 8.70. The van der Waals surface area contributed by atoms with Crippen molar-refractivity contribution in [3.8, 4) is 5.82 Å². The largest absolute Gasteiger partial charge is 0.324 e. The number of anilines is 1. The molecule has 0 saturated carbocycles. The topological polar surface area (TPSA) is 72.7 Å². The summed E-state index contributed by atoms with van der Waals surface area (Å²) >= 11 is 0. The Labute approximate surface area is 105 Å². The molecule has 2 aromatic heterocycles. The van der Waals surface area contributed by atoms with Gasteiger partial charge in [-0.25, -0.2) is 14.6 Å². The van der Waals surface area contributed by atoms with Crippen LogP contribution < -0.4 is 5.32 Å². The van der Waals surface area contributed by atoms with Crippen molar-refractivity contribution in [3.63, 3.8) is 0 Å². The summed E-state index contributed by atoms with van der Waals surface area (Å²) in [6.45, 7) is 3.88. The average Bonchev–Trinajstić information content (AvgIpc) is 2.92. The molecule has 18 heavy (non-hydrogen) atoms. The molecule has 0 fully saturated rings. The zero-order valence-corrected chi connectivity index (χ0v) is 10.4. The number of rotatable bonds is 4. The number of carbonyl (C=O) groups is 1. The van der Waals surface area contributed by atoms with Gasteiger partial charge in [0.05, 0.1) is 11.9 Å². The van der Waals surface area contributed by atoms with Crippen LogP contribution in [0.1, 0.15) is 20.3 Å². The lowest BCUT2D eigenvalue weighted by Crippen LogP contribution is -2.19. The van der Waals surface area contributed by atoms with E-state index in [0.29, 0.717) is 11.5 Å². The second kappa shape index (κ2) is 5.39. The van der Waals surface area contributed by atoms with Crippen molar-refractivity contribution >= 4 is 11.6 Å². The maximum atomic E-state index is 11.7. The minimum atomic E-state index is -0.00000745.